The Bertz CT molecular complexity index is 664. The Morgan fingerprint density at radius 1 is 1.37 bits per heavy atom. The minimum Gasteiger partial charge on any atom is -0.496 e. The summed E-state index contributed by atoms with van der Waals surface area (Å²) in [5, 5.41) is 0. The quantitative estimate of drug-likeness (QED) is 0.859. The van der Waals surface area contributed by atoms with Crippen LogP contribution < -0.4 is 16.0 Å². The molecule has 0 amide bonds. The van der Waals surface area contributed by atoms with E-state index in [2.05, 4.69) is 0 Å². The molecule has 98 valence electrons. The molecule has 0 bridgehead atoms. The summed E-state index contributed by atoms with van der Waals surface area (Å²) in [6, 6.07) is 10.5. The molecule has 2 N–H and O–H groups in total. The van der Waals surface area contributed by atoms with E-state index in [9.17, 15) is 4.79 Å². The standard InChI is InChI=1S/C14H14N2O2S/c1-18-12-6-5-10(14(15)19)8-11(12)9-16-7-3-2-4-13(16)17/h2-8H,9H2,1H3,(H2,15,19). The van der Waals surface area contributed by atoms with Crippen molar-refractivity contribution < 1.29 is 4.74 Å². The van der Waals surface area contributed by atoms with Gasteiger partial charge in [-0.25, -0.2) is 0 Å². The maximum Gasteiger partial charge on any atom is 0.250 e. The number of hydrogen-bond donors (Lipinski definition) is 1. The van der Waals surface area contributed by atoms with Crippen LogP contribution >= 0.6 is 12.2 Å². The molecule has 2 aromatic rings. The van der Waals surface area contributed by atoms with Gasteiger partial charge in [-0.2, -0.15) is 0 Å². The van der Waals surface area contributed by atoms with Crippen molar-refractivity contribution in [2.24, 2.45) is 5.73 Å². The second-order valence-corrected chi connectivity index (χ2v) is 4.50. The predicted molar refractivity (Wildman–Crippen MR) is 78.7 cm³/mol. The van der Waals surface area contributed by atoms with E-state index in [1.54, 1.807) is 36.1 Å². The number of rotatable bonds is 4. The number of thiocarbonyl (C=S) groups is 1. The number of nitrogens with zero attached hydrogens (tertiary/aromatic N) is 1. The van der Waals surface area contributed by atoms with Crippen LogP contribution in [0.1, 0.15) is 11.1 Å². The van der Waals surface area contributed by atoms with E-state index < -0.39 is 0 Å². The average molecular weight is 274 g/mol. The van der Waals surface area contributed by atoms with Crippen molar-refractivity contribution in [3.63, 3.8) is 0 Å². The molecule has 0 aliphatic rings. The van der Waals surface area contributed by atoms with Crippen LogP contribution in [0.4, 0.5) is 0 Å². The van der Waals surface area contributed by atoms with Crippen molar-refractivity contribution in [3.05, 3.63) is 64.1 Å². The van der Waals surface area contributed by atoms with Gasteiger partial charge in [-0.1, -0.05) is 18.3 Å². The second-order valence-electron chi connectivity index (χ2n) is 4.06. The van der Waals surface area contributed by atoms with Crippen molar-refractivity contribution in [1.29, 1.82) is 0 Å². The molecule has 0 atom stereocenters. The van der Waals surface area contributed by atoms with E-state index in [1.807, 2.05) is 12.1 Å². The second kappa shape index (κ2) is 5.67. The molecule has 0 radical (unpaired) electrons. The smallest absolute Gasteiger partial charge is 0.250 e. The van der Waals surface area contributed by atoms with E-state index in [1.165, 1.54) is 6.07 Å². The zero-order chi connectivity index (χ0) is 13.8. The molecule has 4 nitrogen and oxygen atoms in total. The van der Waals surface area contributed by atoms with E-state index >= 15 is 0 Å². The van der Waals surface area contributed by atoms with Crippen LogP contribution in [0.5, 0.6) is 5.75 Å². The zero-order valence-electron chi connectivity index (χ0n) is 10.5. The Hall–Kier alpha value is -2.14. The van der Waals surface area contributed by atoms with Crippen molar-refractivity contribution in [3.8, 4) is 5.75 Å². The van der Waals surface area contributed by atoms with Gasteiger partial charge in [0, 0.05) is 23.4 Å². The summed E-state index contributed by atoms with van der Waals surface area (Å²) in [7, 11) is 1.59. The SMILES string of the molecule is COc1ccc(C(N)=S)cc1Cn1ccccc1=O. The molecule has 0 saturated carbocycles. The third-order valence-corrected chi connectivity index (χ3v) is 3.04. The molecule has 0 saturated heterocycles. The zero-order valence-corrected chi connectivity index (χ0v) is 11.3. The fourth-order valence-electron chi connectivity index (χ4n) is 1.83. The topological polar surface area (TPSA) is 57.2 Å². The predicted octanol–water partition coefficient (Wildman–Crippen LogP) is 1.54. The van der Waals surface area contributed by atoms with Crippen LogP contribution in [0.3, 0.4) is 0 Å². The number of hydrogen-bond acceptors (Lipinski definition) is 3. The van der Waals surface area contributed by atoms with E-state index in [0.717, 1.165) is 11.1 Å². The normalized spacial score (nSPS) is 10.2. The fourth-order valence-corrected chi connectivity index (χ4v) is 1.96. The molecular formula is C14H14N2O2S. The van der Waals surface area contributed by atoms with Crippen LogP contribution in [0.25, 0.3) is 0 Å². The minimum atomic E-state index is -0.0646. The molecule has 1 aromatic heterocycles. The van der Waals surface area contributed by atoms with Gasteiger partial charge in [-0.05, 0) is 24.3 Å². The lowest BCUT2D eigenvalue weighted by molar-refractivity contribution is 0.408. The van der Waals surface area contributed by atoms with Crippen molar-refractivity contribution in [1.82, 2.24) is 4.57 Å². The summed E-state index contributed by atoms with van der Waals surface area (Å²) in [5.74, 6) is 0.704. The first-order valence-corrected chi connectivity index (χ1v) is 6.15. The van der Waals surface area contributed by atoms with E-state index in [0.29, 0.717) is 17.3 Å². The molecule has 1 aromatic carbocycles. The monoisotopic (exact) mass is 274 g/mol. The molecule has 0 aliphatic carbocycles. The molecule has 0 fully saturated rings. The van der Waals surface area contributed by atoms with Crippen LogP contribution in [-0.4, -0.2) is 16.7 Å². The summed E-state index contributed by atoms with van der Waals surface area (Å²) in [4.78, 5) is 12.0. The third-order valence-electron chi connectivity index (χ3n) is 2.80. The van der Waals surface area contributed by atoms with Gasteiger partial charge in [0.2, 0.25) is 0 Å². The van der Waals surface area contributed by atoms with Crippen molar-refractivity contribution in [2.45, 2.75) is 6.54 Å². The Balaban J connectivity index is 2.43. The van der Waals surface area contributed by atoms with Gasteiger partial charge in [0.1, 0.15) is 10.7 Å². The number of pyridine rings is 1. The Labute approximate surface area is 116 Å². The highest BCUT2D eigenvalue weighted by Crippen LogP contribution is 2.20. The maximum absolute atomic E-state index is 11.7. The van der Waals surface area contributed by atoms with E-state index in [-0.39, 0.29) is 5.56 Å². The molecular weight excluding hydrogens is 260 g/mol. The van der Waals surface area contributed by atoms with Crippen molar-refractivity contribution in [2.75, 3.05) is 7.11 Å². The molecule has 2 rings (SSSR count). The van der Waals surface area contributed by atoms with Crippen LogP contribution in [0, 0.1) is 0 Å². The molecule has 0 unspecified atom stereocenters. The maximum atomic E-state index is 11.7. The van der Waals surface area contributed by atoms with Crippen LogP contribution in [0.2, 0.25) is 0 Å². The van der Waals surface area contributed by atoms with Crippen molar-refractivity contribution >= 4 is 17.2 Å². The first-order chi connectivity index (χ1) is 9.11. The van der Waals surface area contributed by atoms with E-state index in [4.69, 9.17) is 22.7 Å². The highest BCUT2D eigenvalue weighted by molar-refractivity contribution is 7.80. The third kappa shape index (κ3) is 3.00. The van der Waals surface area contributed by atoms with Gasteiger partial charge in [0.25, 0.3) is 5.56 Å². The van der Waals surface area contributed by atoms with Crippen LogP contribution in [0.15, 0.2) is 47.4 Å². The summed E-state index contributed by atoms with van der Waals surface area (Å²) in [5.41, 5.74) is 7.18. The Morgan fingerprint density at radius 3 is 2.79 bits per heavy atom. The summed E-state index contributed by atoms with van der Waals surface area (Å²) in [6.07, 6.45) is 1.73. The van der Waals surface area contributed by atoms with Gasteiger partial charge >= 0.3 is 0 Å². The number of aromatic nitrogens is 1. The highest BCUT2D eigenvalue weighted by Gasteiger charge is 2.07. The van der Waals surface area contributed by atoms with Crippen LogP contribution in [-0.2, 0) is 6.54 Å². The average Bonchev–Trinajstić information content (AvgIpc) is 2.41. The lowest BCUT2D eigenvalue weighted by atomic mass is 10.1. The summed E-state index contributed by atoms with van der Waals surface area (Å²) >= 11 is 4.96. The first-order valence-electron chi connectivity index (χ1n) is 5.74. The lowest BCUT2D eigenvalue weighted by Crippen LogP contribution is -2.19. The van der Waals surface area contributed by atoms with Gasteiger partial charge in [0.15, 0.2) is 0 Å². The number of methoxy groups -OCH3 is 1. The minimum absolute atomic E-state index is 0.0646. The lowest BCUT2D eigenvalue weighted by Gasteiger charge is -2.11. The fraction of sp³-hybridized carbons (Fsp3) is 0.143. The number of nitrogens with two attached hydrogens (primary N) is 1. The van der Waals surface area contributed by atoms with Gasteiger partial charge in [-0.15, -0.1) is 0 Å². The largest absolute Gasteiger partial charge is 0.496 e. The molecule has 1 heterocycles. The number of ether oxygens (including phenoxy) is 1. The Morgan fingerprint density at radius 2 is 2.16 bits per heavy atom. The molecule has 5 heteroatoms. The number of benzene rings is 1. The summed E-state index contributed by atoms with van der Waals surface area (Å²) < 4.78 is 6.89. The van der Waals surface area contributed by atoms with Gasteiger partial charge in [-0.3, -0.25) is 4.79 Å². The van der Waals surface area contributed by atoms with Gasteiger partial charge < -0.3 is 15.0 Å². The molecule has 0 aliphatic heterocycles. The first kappa shape index (κ1) is 13.3. The molecule has 0 spiro atoms. The highest BCUT2D eigenvalue weighted by atomic mass is 32.1. The Kier molecular flexibility index (Phi) is 3.97. The molecule has 19 heavy (non-hydrogen) atoms. The van der Waals surface area contributed by atoms with Gasteiger partial charge in [0.05, 0.1) is 13.7 Å². The summed E-state index contributed by atoms with van der Waals surface area (Å²) in [6.45, 7) is 0.416.